The van der Waals surface area contributed by atoms with Crippen LogP contribution in [-0.4, -0.2) is 22.7 Å². The highest BCUT2D eigenvalue weighted by molar-refractivity contribution is 7.16. The number of nitrogens with zero attached hydrogens (tertiary/aromatic N) is 1. The van der Waals surface area contributed by atoms with Gasteiger partial charge in [-0.2, -0.15) is 0 Å². The van der Waals surface area contributed by atoms with Gasteiger partial charge in [0.15, 0.2) is 5.78 Å². The lowest BCUT2D eigenvalue weighted by atomic mass is 10.0. The second-order valence-corrected chi connectivity index (χ2v) is 8.13. The number of nitrogens with one attached hydrogen (secondary N) is 1. The van der Waals surface area contributed by atoms with Crippen molar-refractivity contribution in [2.24, 2.45) is 5.92 Å². The van der Waals surface area contributed by atoms with Gasteiger partial charge in [0.25, 0.3) is 5.91 Å². The van der Waals surface area contributed by atoms with Crippen LogP contribution in [0.1, 0.15) is 57.1 Å². The Bertz CT molecular complexity index is 757. The molecule has 0 radical (unpaired) electrons. The Hall–Kier alpha value is -1.79. The first-order valence-corrected chi connectivity index (χ1v) is 10.1. The average Bonchev–Trinajstić information content (AvgIpc) is 3.03. The Labute approximate surface area is 169 Å². The SMILES string of the molecule is CC(=O)C(CC(C)C)NC(=O)c1cnc(-c2cc(F)cc(Cl)c2)s1.CCC. The molecule has 1 N–H and O–H groups in total. The Balaban J connectivity index is 0.00000114. The van der Waals surface area contributed by atoms with Crippen LogP contribution < -0.4 is 5.32 Å². The second kappa shape index (κ2) is 11.1. The Morgan fingerprint density at radius 2 is 1.89 bits per heavy atom. The fourth-order valence-corrected chi connectivity index (χ4v) is 3.25. The molecule has 0 saturated heterocycles. The molecule has 1 aromatic heterocycles. The number of benzene rings is 1. The predicted octanol–water partition coefficient (Wildman–Crippen LogP) is 5.75. The first-order valence-electron chi connectivity index (χ1n) is 8.91. The van der Waals surface area contributed by atoms with Crippen LogP contribution in [0.2, 0.25) is 5.02 Å². The molecular weight excluding hydrogens is 387 g/mol. The van der Waals surface area contributed by atoms with Gasteiger partial charge in [0.2, 0.25) is 0 Å². The lowest BCUT2D eigenvalue weighted by Crippen LogP contribution is -2.40. The van der Waals surface area contributed by atoms with E-state index in [-0.39, 0.29) is 22.6 Å². The van der Waals surface area contributed by atoms with Crippen molar-refractivity contribution >= 4 is 34.6 Å². The molecule has 0 aliphatic heterocycles. The summed E-state index contributed by atoms with van der Waals surface area (Å²) in [5.74, 6) is -0.626. The molecule has 0 saturated carbocycles. The molecule has 4 nitrogen and oxygen atoms in total. The molecule has 1 heterocycles. The number of hydrogen-bond acceptors (Lipinski definition) is 4. The topological polar surface area (TPSA) is 59.1 Å². The quantitative estimate of drug-likeness (QED) is 0.656. The summed E-state index contributed by atoms with van der Waals surface area (Å²) in [6, 6.07) is 3.58. The summed E-state index contributed by atoms with van der Waals surface area (Å²) in [5, 5.41) is 3.49. The molecule has 0 fully saturated rings. The van der Waals surface area contributed by atoms with Gasteiger partial charge in [-0.15, -0.1) is 11.3 Å². The third kappa shape index (κ3) is 7.77. The zero-order valence-electron chi connectivity index (χ0n) is 16.3. The van der Waals surface area contributed by atoms with Crippen molar-refractivity contribution in [1.82, 2.24) is 10.3 Å². The molecule has 1 aromatic carbocycles. The number of amides is 1. The zero-order chi connectivity index (χ0) is 20.6. The monoisotopic (exact) mass is 412 g/mol. The number of ketones is 1. The van der Waals surface area contributed by atoms with E-state index in [4.69, 9.17) is 11.6 Å². The number of aromatic nitrogens is 1. The van der Waals surface area contributed by atoms with E-state index in [0.29, 0.717) is 21.9 Å². The maximum absolute atomic E-state index is 13.4. The fourth-order valence-electron chi connectivity index (χ4n) is 2.22. The van der Waals surface area contributed by atoms with E-state index in [2.05, 4.69) is 24.1 Å². The first-order chi connectivity index (χ1) is 12.7. The minimum absolute atomic E-state index is 0.0845. The van der Waals surface area contributed by atoms with Crippen LogP contribution in [-0.2, 0) is 4.79 Å². The van der Waals surface area contributed by atoms with Crippen molar-refractivity contribution in [2.75, 3.05) is 0 Å². The number of halogens is 2. The maximum Gasteiger partial charge on any atom is 0.263 e. The van der Waals surface area contributed by atoms with Gasteiger partial charge in [-0.25, -0.2) is 9.37 Å². The van der Waals surface area contributed by atoms with E-state index in [0.717, 1.165) is 11.3 Å². The van der Waals surface area contributed by atoms with E-state index in [1.54, 1.807) is 6.07 Å². The van der Waals surface area contributed by atoms with Gasteiger partial charge in [0.1, 0.15) is 15.7 Å². The molecular formula is C20H26ClFN2O2S. The summed E-state index contributed by atoms with van der Waals surface area (Å²) in [5.41, 5.74) is 0.509. The van der Waals surface area contributed by atoms with Gasteiger partial charge in [0, 0.05) is 10.6 Å². The van der Waals surface area contributed by atoms with E-state index in [1.165, 1.54) is 31.7 Å². The van der Waals surface area contributed by atoms with Crippen LogP contribution in [0.3, 0.4) is 0 Å². The zero-order valence-corrected chi connectivity index (χ0v) is 17.9. The molecule has 0 aliphatic carbocycles. The van der Waals surface area contributed by atoms with Gasteiger partial charge >= 0.3 is 0 Å². The van der Waals surface area contributed by atoms with Crippen molar-refractivity contribution in [2.45, 2.75) is 53.5 Å². The van der Waals surface area contributed by atoms with Gasteiger partial charge in [0.05, 0.1) is 12.2 Å². The Morgan fingerprint density at radius 3 is 2.41 bits per heavy atom. The van der Waals surface area contributed by atoms with Crippen molar-refractivity contribution in [3.8, 4) is 10.6 Å². The molecule has 1 amide bonds. The minimum atomic E-state index is -0.522. The van der Waals surface area contributed by atoms with E-state index in [1.807, 2.05) is 13.8 Å². The maximum atomic E-state index is 13.4. The fraction of sp³-hybridized carbons (Fsp3) is 0.450. The van der Waals surface area contributed by atoms with Gasteiger partial charge < -0.3 is 5.32 Å². The van der Waals surface area contributed by atoms with Crippen LogP contribution in [0.5, 0.6) is 0 Å². The number of thiazole rings is 1. The van der Waals surface area contributed by atoms with Crippen molar-refractivity contribution in [3.05, 3.63) is 40.1 Å². The minimum Gasteiger partial charge on any atom is -0.341 e. The number of carbonyl (C=O) groups is 2. The van der Waals surface area contributed by atoms with E-state index in [9.17, 15) is 14.0 Å². The lowest BCUT2D eigenvalue weighted by molar-refractivity contribution is -0.119. The van der Waals surface area contributed by atoms with Gasteiger partial charge in [-0.1, -0.05) is 45.7 Å². The van der Waals surface area contributed by atoms with Crippen LogP contribution in [0.15, 0.2) is 24.4 Å². The summed E-state index contributed by atoms with van der Waals surface area (Å²) >= 11 is 6.97. The van der Waals surface area contributed by atoms with Crippen molar-refractivity contribution in [3.63, 3.8) is 0 Å². The number of rotatable bonds is 6. The van der Waals surface area contributed by atoms with Gasteiger partial charge in [-0.05, 0) is 37.5 Å². The molecule has 7 heteroatoms. The molecule has 0 bridgehead atoms. The Kier molecular flexibility index (Phi) is 9.60. The van der Waals surface area contributed by atoms with Crippen LogP contribution >= 0.6 is 22.9 Å². The summed E-state index contributed by atoms with van der Waals surface area (Å²) in [6.45, 7) is 9.68. The summed E-state index contributed by atoms with van der Waals surface area (Å²) in [6.07, 6.45) is 3.24. The largest absolute Gasteiger partial charge is 0.341 e. The number of carbonyl (C=O) groups excluding carboxylic acids is 2. The summed E-state index contributed by atoms with van der Waals surface area (Å²) in [4.78, 5) is 28.5. The molecule has 0 spiro atoms. The third-order valence-electron chi connectivity index (χ3n) is 3.34. The molecule has 0 aliphatic rings. The van der Waals surface area contributed by atoms with Crippen LogP contribution in [0.25, 0.3) is 10.6 Å². The lowest BCUT2D eigenvalue weighted by Gasteiger charge is -2.17. The Morgan fingerprint density at radius 1 is 1.26 bits per heavy atom. The number of hydrogen-bond donors (Lipinski definition) is 1. The molecule has 27 heavy (non-hydrogen) atoms. The molecule has 2 rings (SSSR count). The normalized spacial score (nSPS) is 11.6. The molecule has 148 valence electrons. The predicted molar refractivity (Wildman–Crippen MR) is 110 cm³/mol. The first kappa shape index (κ1) is 23.2. The van der Waals surface area contributed by atoms with Crippen LogP contribution in [0, 0.1) is 11.7 Å². The smallest absolute Gasteiger partial charge is 0.263 e. The highest BCUT2D eigenvalue weighted by Gasteiger charge is 2.21. The molecule has 1 atom stereocenters. The molecule has 1 unspecified atom stereocenters. The van der Waals surface area contributed by atoms with E-state index >= 15 is 0 Å². The van der Waals surface area contributed by atoms with Crippen molar-refractivity contribution < 1.29 is 14.0 Å². The average molecular weight is 413 g/mol. The highest BCUT2D eigenvalue weighted by Crippen LogP contribution is 2.28. The van der Waals surface area contributed by atoms with Gasteiger partial charge in [-0.3, -0.25) is 9.59 Å². The summed E-state index contributed by atoms with van der Waals surface area (Å²) < 4.78 is 13.4. The summed E-state index contributed by atoms with van der Waals surface area (Å²) in [7, 11) is 0. The number of Topliss-reactive ketones (excluding diaryl/α,β-unsaturated/α-hetero) is 1. The standard InChI is InChI=1S/C17H18ClFN2O2S.C3H8/c1-9(2)4-14(10(3)22)21-16(23)15-8-20-17(24-15)11-5-12(18)7-13(19)6-11;1-3-2/h5-9,14H,4H2,1-3H3,(H,21,23);3H2,1-2H3. The third-order valence-corrected chi connectivity index (χ3v) is 4.61. The van der Waals surface area contributed by atoms with Crippen molar-refractivity contribution in [1.29, 1.82) is 0 Å². The van der Waals surface area contributed by atoms with E-state index < -0.39 is 11.9 Å². The molecule has 2 aromatic rings. The second-order valence-electron chi connectivity index (χ2n) is 6.66. The highest BCUT2D eigenvalue weighted by atomic mass is 35.5. The van der Waals surface area contributed by atoms with Crippen LogP contribution in [0.4, 0.5) is 4.39 Å².